The molecule has 0 saturated carbocycles. The van der Waals surface area contributed by atoms with E-state index >= 15 is 0 Å². The molecule has 1 N–H and O–H groups in total. The fourth-order valence-electron chi connectivity index (χ4n) is 2.93. The standard InChI is InChI=1S/C20H18ClN3O/c21-16-8-9-18-19(11-16)24(14-15-5-2-1-3-6-15)20(23-18)13-22-12-17-7-4-10-25-17/h1-11,22H,12-14H2. The predicted octanol–water partition coefficient (Wildman–Crippen LogP) is 4.62. The summed E-state index contributed by atoms with van der Waals surface area (Å²) in [6.45, 7) is 2.08. The maximum Gasteiger partial charge on any atom is 0.124 e. The summed E-state index contributed by atoms with van der Waals surface area (Å²) in [7, 11) is 0. The molecule has 5 heteroatoms. The molecule has 0 unspecified atom stereocenters. The van der Waals surface area contributed by atoms with Gasteiger partial charge in [0.1, 0.15) is 11.6 Å². The minimum Gasteiger partial charge on any atom is -0.468 e. The van der Waals surface area contributed by atoms with Gasteiger partial charge in [0.2, 0.25) is 0 Å². The lowest BCUT2D eigenvalue weighted by Crippen LogP contribution is -2.17. The van der Waals surface area contributed by atoms with Crippen LogP contribution in [0.1, 0.15) is 17.1 Å². The lowest BCUT2D eigenvalue weighted by Gasteiger charge is -2.10. The summed E-state index contributed by atoms with van der Waals surface area (Å²) in [5, 5.41) is 4.12. The van der Waals surface area contributed by atoms with E-state index in [2.05, 4.69) is 34.1 Å². The minimum absolute atomic E-state index is 0.653. The molecular formula is C20H18ClN3O. The van der Waals surface area contributed by atoms with E-state index in [-0.39, 0.29) is 0 Å². The Morgan fingerprint density at radius 1 is 1.00 bits per heavy atom. The third kappa shape index (κ3) is 3.60. The highest BCUT2D eigenvalue weighted by Crippen LogP contribution is 2.22. The molecule has 2 aromatic heterocycles. The van der Waals surface area contributed by atoms with Crippen molar-refractivity contribution < 1.29 is 4.42 Å². The SMILES string of the molecule is Clc1ccc2nc(CNCc3ccco3)n(Cc3ccccc3)c2c1. The topological polar surface area (TPSA) is 43.0 Å². The van der Waals surface area contributed by atoms with E-state index in [0.717, 1.165) is 34.2 Å². The van der Waals surface area contributed by atoms with Crippen molar-refractivity contribution in [1.29, 1.82) is 0 Å². The van der Waals surface area contributed by atoms with Gasteiger partial charge < -0.3 is 14.3 Å². The Hall–Kier alpha value is -2.56. The first kappa shape index (κ1) is 15.9. The molecule has 25 heavy (non-hydrogen) atoms. The number of furan rings is 1. The molecule has 4 aromatic rings. The molecule has 4 rings (SSSR count). The van der Waals surface area contributed by atoms with Gasteiger partial charge in [-0.1, -0.05) is 41.9 Å². The van der Waals surface area contributed by atoms with Gasteiger partial charge in [0.25, 0.3) is 0 Å². The van der Waals surface area contributed by atoms with Gasteiger partial charge in [-0.15, -0.1) is 0 Å². The summed E-state index contributed by atoms with van der Waals surface area (Å²) in [6.07, 6.45) is 1.68. The molecule has 2 aromatic carbocycles. The molecule has 0 aliphatic carbocycles. The van der Waals surface area contributed by atoms with Crippen molar-refractivity contribution in [2.75, 3.05) is 0 Å². The summed E-state index contributed by atoms with van der Waals surface area (Å²) in [6, 6.07) is 20.0. The van der Waals surface area contributed by atoms with E-state index < -0.39 is 0 Å². The molecular weight excluding hydrogens is 334 g/mol. The Morgan fingerprint density at radius 2 is 1.88 bits per heavy atom. The van der Waals surface area contributed by atoms with Crippen LogP contribution in [0, 0.1) is 0 Å². The van der Waals surface area contributed by atoms with E-state index in [4.69, 9.17) is 21.0 Å². The van der Waals surface area contributed by atoms with Crippen LogP contribution in [0.25, 0.3) is 11.0 Å². The van der Waals surface area contributed by atoms with Crippen LogP contribution >= 0.6 is 11.6 Å². The first-order valence-corrected chi connectivity index (χ1v) is 8.59. The molecule has 126 valence electrons. The van der Waals surface area contributed by atoms with Gasteiger partial charge >= 0.3 is 0 Å². The average molecular weight is 352 g/mol. The fourth-order valence-corrected chi connectivity index (χ4v) is 3.10. The number of aromatic nitrogens is 2. The highest BCUT2D eigenvalue weighted by Gasteiger charge is 2.12. The fraction of sp³-hybridized carbons (Fsp3) is 0.150. The smallest absolute Gasteiger partial charge is 0.124 e. The van der Waals surface area contributed by atoms with Crippen molar-refractivity contribution in [3.05, 3.63) is 89.1 Å². The molecule has 0 saturated heterocycles. The van der Waals surface area contributed by atoms with E-state index in [1.54, 1.807) is 6.26 Å². The highest BCUT2D eigenvalue weighted by atomic mass is 35.5. The number of fused-ring (bicyclic) bond motifs is 1. The average Bonchev–Trinajstić information content (AvgIpc) is 3.25. The second-order valence-electron chi connectivity index (χ2n) is 5.92. The molecule has 0 aliphatic rings. The molecule has 0 radical (unpaired) electrons. The number of halogens is 1. The van der Waals surface area contributed by atoms with Crippen molar-refractivity contribution in [2.24, 2.45) is 0 Å². The van der Waals surface area contributed by atoms with Gasteiger partial charge in [-0.25, -0.2) is 4.98 Å². The predicted molar refractivity (Wildman–Crippen MR) is 99.5 cm³/mol. The number of nitrogens with one attached hydrogen (secondary N) is 1. The maximum atomic E-state index is 6.21. The van der Waals surface area contributed by atoms with E-state index in [9.17, 15) is 0 Å². The minimum atomic E-state index is 0.653. The van der Waals surface area contributed by atoms with Crippen LogP contribution in [-0.2, 0) is 19.6 Å². The Morgan fingerprint density at radius 3 is 2.68 bits per heavy atom. The van der Waals surface area contributed by atoms with Crippen LogP contribution < -0.4 is 5.32 Å². The van der Waals surface area contributed by atoms with Crippen LogP contribution in [0.15, 0.2) is 71.3 Å². The lowest BCUT2D eigenvalue weighted by atomic mass is 10.2. The van der Waals surface area contributed by atoms with E-state index in [1.165, 1.54) is 5.56 Å². The Labute approximate surface area is 151 Å². The summed E-state index contributed by atoms with van der Waals surface area (Å²) in [5.74, 6) is 1.89. The largest absolute Gasteiger partial charge is 0.468 e. The molecule has 0 atom stereocenters. The molecule has 2 heterocycles. The van der Waals surface area contributed by atoms with Crippen molar-refractivity contribution in [1.82, 2.24) is 14.9 Å². The van der Waals surface area contributed by atoms with Gasteiger partial charge in [0, 0.05) is 11.6 Å². The van der Waals surface area contributed by atoms with Gasteiger partial charge in [-0.05, 0) is 35.9 Å². The second-order valence-corrected chi connectivity index (χ2v) is 6.35. The van der Waals surface area contributed by atoms with Crippen molar-refractivity contribution in [3.63, 3.8) is 0 Å². The van der Waals surface area contributed by atoms with Gasteiger partial charge in [-0.3, -0.25) is 0 Å². The number of imidazole rings is 1. The monoisotopic (exact) mass is 351 g/mol. The number of nitrogens with zero attached hydrogens (tertiary/aromatic N) is 2. The number of hydrogen-bond donors (Lipinski definition) is 1. The quantitative estimate of drug-likeness (QED) is 0.551. The summed E-state index contributed by atoms with van der Waals surface area (Å²) in [4.78, 5) is 4.78. The van der Waals surface area contributed by atoms with Gasteiger partial charge in [0.15, 0.2) is 0 Å². The van der Waals surface area contributed by atoms with Crippen LogP contribution in [0.5, 0.6) is 0 Å². The Kier molecular flexibility index (Phi) is 4.55. The van der Waals surface area contributed by atoms with Gasteiger partial charge in [0.05, 0.1) is 30.4 Å². The second kappa shape index (κ2) is 7.13. The van der Waals surface area contributed by atoms with E-state index in [0.29, 0.717) is 13.1 Å². The number of rotatable bonds is 6. The zero-order valence-electron chi connectivity index (χ0n) is 13.7. The van der Waals surface area contributed by atoms with Crippen molar-refractivity contribution in [3.8, 4) is 0 Å². The lowest BCUT2D eigenvalue weighted by molar-refractivity contribution is 0.478. The molecule has 0 bridgehead atoms. The third-order valence-electron chi connectivity index (χ3n) is 4.14. The Bertz CT molecular complexity index is 961. The normalized spacial score (nSPS) is 11.2. The van der Waals surface area contributed by atoms with Crippen LogP contribution in [0.4, 0.5) is 0 Å². The highest BCUT2D eigenvalue weighted by molar-refractivity contribution is 6.31. The molecule has 0 amide bonds. The molecule has 0 fully saturated rings. The third-order valence-corrected chi connectivity index (χ3v) is 4.37. The van der Waals surface area contributed by atoms with Crippen molar-refractivity contribution in [2.45, 2.75) is 19.6 Å². The number of benzene rings is 2. The zero-order valence-corrected chi connectivity index (χ0v) is 14.4. The molecule has 4 nitrogen and oxygen atoms in total. The van der Waals surface area contributed by atoms with Crippen LogP contribution in [-0.4, -0.2) is 9.55 Å². The van der Waals surface area contributed by atoms with Crippen LogP contribution in [0.3, 0.4) is 0 Å². The molecule has 0 spiro atoms. The van der Waals surface area contributed by atoms with Crippen molar-refractivity contribution >= 4 is 22.6 Å². The van der Waals surface area contributed by atoms with Gasteiger partial charge in [-0.2, -0.15) is 0 Å². The summed E-state index contributed by atoms with van der Waals surface area (Å²) in [5.41, 5.74) is 3.23. The number of hydrogen-bond acceptors (Lipinski definition) is 3. The first-order chi connectivity index (χ1) is 12.3. The Balaban J connectivity index is 1.63. The van der Waals surface area contributed by atoms with Crippen LogP contribution in [0.2, 0.25) is 5.02 Å². The summed E-state index contributed by atoms with van der Waals surface area (Å²) < 4.78 is 7.58. The summed E-state index contributed by atoms with van der Waals surface area (Å²) >= 11 is 6.21. The zero-order chi connectivity index (χ0) is 17.1. The molecule has 0 aliphatic heterocycles. The maximum absolute atomic E-state index is 6.21. The van der Waals surface area contributed by atoms with E-state index in [1.807, 2.05) is 36.4 Å². The first-order valence-electron chi connectivity index (χ1n) is 8.21.